The molecule has 2 aromatic rings. The summed E-state index contributed by atoms with van der Waals surface area (Å²) in [6, 6.07) is 3.72. The van der Waals surface area contributed by atoms with Gasteiger partial charge in [0, 0.05) is 63.0 Å². The predicted octanol–water partition coefficient (Wildman–Crippen LogP) is 1.16. The number of carbonyl (C=O) groups is 2. The Bertz CT molecular complexity index is 899. The van der Waals surface area contributed by atoms with Crippen LogP contribution in [-0.2, 0) is 22.6 Å². The van der Waals surface area contributed by atoms with Gasteiger partial charge in [-0.15, -0.1) is 0 Å². The Labute approximate surface area is 164 Å². The van der Waals surface area contributed by atoms with Gasteiger partial charge in [0.15, 0.2) is 5.82 Å². The molecule has 0 radical (unpaired) electrons. The lowest BCUT2D eigenvalue weighted by Crippen LogP contribution is -2.40. The molecule has 28 heavy (non-hydrogen) atoms. The molecule has 0 aromatic carbocycles. The van der Waals surface area contributed by atoms with Gasteiger partial charge in [0.25, 0.3) is 0 Å². The number of aromatic nitrogens is 3. The number of anilines is 1. The molecule has 8 heteroatoms. The van der Waals surface area contributed by atoms with E-state index < -0.39 is 0 Å². The minimum absolute atomic E-state index is 0.0344. The number of carbonyl (C=O) groups excluding carboxylic acids is 2. The molecule has 1 fully saturated rings. The summed E-state index contributed by atoms with van der Waals surface area (Å²) in [5.41, 5.74) is 2.89. The Morgan fingerprint density at radius 1 is 1.25 bits per heavy atom. The lowest BCUT2D eigenvalue weighted by molar-refractivity contribution is -0.132. The minimum Gasteiger partial charge on any atom is -0.362 e. The highest BCUT2D eigenvalue weighted by Gasteiger charge is 2.29. The zero-order valence-corrected chi connectivity index (χ0v) is 16.2. The molecular formula is C20H24N6O2. The third kappa shape index (κ3) is 3.67. The van der Waals surface area contributed by atoms with Crippen molar-refractivity contribution in [2.45, 2.75) is 38.3 Å². The highest BCUT2D eigenvalue weighted by molar-refractivity contribution is 5.82. The normalized spacial score (nSPS) is 18.6. The first-order valence-electron chi connectivity index (χ1n) is 9.56. The molecule has 1 N–H and O–H groups in total. The van der Waals surface area contributed by atoms with Crippen LogP contribution < -0.4 is 10.2 Å². The van der Waals surface area contributed by atoms with Crippen LogP contribution in [0, 0.1) is 0 Å². The summed E-state index contributed by atoms with van der Waals surface area (Å²) in [7, 11) is 3.94. The number of amides is 2. The van der Waals surface area contributed by atoms with Crippen molar-refractivity contribution < 1.29 is 9.59 Å². The first-order valence-corrected chi connectivity index (χ1v) is 9.56. The van der Waals surface area contributed by atoms with Gasteiger partial charge in [0.2, 0.25) is 11.8 Å². The fraction of sp³-hybridized carbons (Fsp3) is 0.450. The van der Waals surface area contributed by atoms with E-state index in [4.69, 9.17) is 9.97 Å². The van der Waals surface area contributed by atoms with Crippen LogP contribution in [0.3, 0.4) is 0 Å². The standard InChI is InChI=1S/C20H24N6O2/c1-25(2)20-15-7-10-26(18(28)11-14-3-4-17(27)22-14)12-16(15)23-19(24-20)13-5-8-21-9-6-13/h5-6,8-9,14H,3-4,7,10-12H2,1-2H3,(H,22,27). The molecule has 2 amide bonds. The van der Waals surface area contributed by atoms with Crippen LogP contribution in [0.2, 0.25) is 0 Å². The van der Waals surface area contributed by atoms with Crippen LogP contribution in [-0.4, -0.2) is 58.3 Å². The van der Waals surface area contributed by atoms with Crippen LogP contribution in [0.4, 0.5) is 5.82 Å². The average molecular weight is 380 g/mol. The van der Waals surface area contributed by atoms with Crippen molar-refractivity contribution in [1.82, 2.24) is 25.2 Å². The maximum absolute atomic E-state index is 12.8. The predicted molar refractivity (Wildman–Crippen MR) is 104 cm³/mol. The molecule has 0 aliphatic carbocycles. The Balaban J connectivity index is 1.59. The summed E-state index contributed by atoms with van der Waals surface area (Å²) in [5.74, 6) is 1.63. The van der Waals surface area contributed by atoms with Crippen molar-refractivity contribution in [3.05, 3.63) is 35.8 Å². The molecule has 2 aromatic heterocycles. The molecule has 2 aliphatic heterocycles. The molecule has 4 rings (SSSR count). The van der Waals surface area contributed by atoms with Crippen molar-refractivity contribution >= 4 is 17.6 Å². The van der Waals surface area contributed by atoms with Gasteiger partial charge in [0.1, 0.15) is 5.82 Å². The third-order valence-electron chi connectivity index (χ3n) is 5.26. The second kappa shape index (κ2) is 7.53. The summed E-state index contributed by atoms with van der Waals surface area (Å²) in [4.78, 5) is 41.6. The van der Waals surface area contributed by atoms with E-state index in [0.29, 0.717) is 31.8 Å². The molecule has 1 saturated heterocycles. The Morgan fingerprint density at radius 2 is 2.04 bits per heavy atom. The Kier molecular flexibility index (Phi) is 4.93. The molecule has 146 valence electrons. The van der Waals surface area contributed by atoms with Crippen LogP contribution in [0.15, 0.2) is 24.5 Å². The van der Waals surface area contributed by atoms with E-state index in [1.165, 1.54) is 0 Å². The highest BCUT2D eigenvalue weighted by atomic mass is 16.2. The molecule has 2 aliphatic rings. The SMILES string of the molecule is CN(C)c1nc(-c2ccncc2)nc2c1CCN(C(=O)CC1CCC(=O)N1)C2. The van der Waals surface area contributed by atoms with E-state index in [2.05, 4.69) is 10.3 Å². The number of pyridine rings is 1. The van der Waals surface area contributed by atoms with Gasteiger partial charge in [0.05, 0.1) is 12.2 Å². The molecule has 0 saturated carbocycles. The number of nitrogens with zero attached hydrogens (tertiary/aromatic N) is 5. The zero-order chi connectivity index (χ0) is 19.7. The van der Waals surface area contributed by atoms with Crippen LogP contribution >= 0.6 is 0 Å². The fourth-order valence-corrected chi connectivity index (χ4v) is 3.79. The molecule has 1 unspecified atom stereocenters. The van der Waals surface area contributed by atoms with E-state index >= 15 is 0 Å². The fourth-order valence-electron chi connectivity index (χ4n) is 3.79. The van der Waals surface area contributed by atoms with Crippen molar-refractivity contribution in [2.24, 2.45) is 0 Å². The van der Waals surface area contributed by atoms with Gasteiger partial charge in [-0.2, -0.15) is 0 Å². The minimum atomic E-state index is -0.0449. The van der Waals surface area contributed by atoms with Crippen LogP contribution in [0.5, 0.6) is 0 Å². The Hall–Kier alpha value is -3.03. The maximum atomic E-state index is 12.8. The largest absolute Gasteiger partial charge is 0.362 e. The smallest absolute Gasteiger partial charge is 0.224 e. The van der Waals surface area contributed by atoms with Crippen molar-refractivity contribution in [3.63, 3.8) is 0 Å². The first-order chi connectivity index (χ1) is 13.5. The molecule has 4 heterocycles. The van der Waals surface area contributed by atoms with Crippen molar-refractivity contribution in [2.75, 3.05) is 25.5 Å². The van der Waals surface area contributed by atoms with E-state index in [9.17, 15) is 9.59 Å². The molecule has 0 spiro atoms. The van der Waals surface area contributed by atoms with E-state index in [1.807, 2.05) is 36.0 Å². The van der Waals surface area contributed by atoms with Crippen LogP contribution in [0.25, 0.3) is 11.4 Å². The maximum Gasteiger partial charge on any atom is 0.224 e. The quantitative estimate of drug-likeness (QED) is 0.856. The van der Waals surface area contributed by atoms with E-state index in [1.54, 1.807) is 12.4 Å². The summed E-state index contributed by atoms with van der Waals surface area (Å²) in [5, 5.41) is 2.87. The number of rotatable bonds is 4. The van der Waals surface area contributed by atoms with Gasteiger partial charge in [-0.3, -0.25) is 14.6 Å². The van der Waals surface area contributed by atoms with Gasteiger partial charge < -0.3 is 15.1 Å². The summed E-state index contributed by atoms with van der Waals surface area (Å²) in [6.07, 6.45) is 5.76. The third-order valence-corrected chi connectivity index (χ3v) is 5.26. The lowest BCUT2D eigenvalue weighted by Gasteiger charge is -2.31. The van der Waals surface area contributed by atoms with Crippen molar-refractivity contribution in [1.29, 1.82) is 0 Å². The summed E-state index contributed by atoms with van der Waals surface area (Å²) >= 11 is 0. The molecular weight excluding hydrogens is 356 g/mol. The van der Waals surface area contributed by atoms with Gasteiger partial charge in [-0.05, 0) is 25.0 Å². The molecule has 1 atom stereocenters. The monoisotopic (exact) mass is 380 g/mol. The van der Waals surface area contributed by atoms with Gasteiger partial charge in [-0.1, -0.05) is 0 Å². The van der Waals surface area contributed by atoms with Crippen molar-refractivity contribution in [3.8, 4) is 11.4 Å². The summed E-state index contributed by atoms with van der Waals surface area (Å²) < 4.78 is 0. The summed E-state index contributed by atoms with van der Waals surface area (Å²) in [6.45, 7) is 1.11. The molecule has 8 nitrogen and oxygen atoms in total. The average Bonchev–Trinajstić information content (AvgIpc) is 3.11. The number of fused-ring (bicyclic) bond motifs is 1. The van der Waals surface area contributed by atoms with Crippen LogP contribution in [0.1, 0.15) is 30.5 Å². The number of nitrogens with one attached hydrogen (secondary N) is 1. The second-order valence-corrected chi connectivity index (χ2v) is 7.50. The van der Waals surface area contributed by atoms with E-state index in [0.717, 1.165) is 35.5 Å². The van der Waals surface area contributed by atoms with Gasteiger partial charge >= 0.3 is 0 Å². The highest BCUT2D eigenvalue weighted by Crippen LogP contribution is 2.29. The van der Waals surface area contributed by atoms with E-state index in [-0.39, 0.29) is 17.9 Å². The molecule has 0 bridgehead atoms. The Morgan fingerprint density at radius 3 is 2.71 bits per heavy atom. The second-order valence-electron chi connectivity index (χ2n) is 7.50. The van der Waals surface area contributed by atoms with Gasteiger partial charge in [-0.25, -0.2) is 9.97 Å². The number of hydrogen-bond donors (Lipinski definition) is 1. The lowest BCUT2D eigenvalue weighted by atomic mass is 10.0. The zero-order valence-electron chi connectivity index (χ0n) is 16.2. The first kappa shape index (κ1) is 18.3. The number of hydrogen-bond acceptors (Lipinski definition) is 6. The topological polar surface area (TPSA) is 91.3 Å².